The first-order chi connectivity index (χ1) is 15.6. The van der Waals surface area contributed by atoms with Crippen LogP contribution < -0.4 is 20.1 Å². The highest BCUT2D eigenvalue weighted by Crippen LogP contribution is 2.35. The summed E-state index contributed by atoms with van der Waals surface area (Å²) < 4.78 is 30.8. The van der Waals surface area contributed by atoms with Gasteiger partial charge in [0.25, 0.3) is 11.8 Å². The molecule has 0 radical (unpaired) electrons. The van der Waals surface area contributed by atoms with Gasteiger partial charge in [-0.1, -0.05) is 24.3 Å². The first-order valence-corrected chi connectivity index (χ1v) is 9.88. The molecule has 0 aliphatic carbocycles. The normalized spacial score (nSPS) is 12.4. The van der Waals surface area contributed by atoms with Crippen molar-refractivity contribution in [3.63, 3.8) is 0 Å². The summed E-state index contributed by atoms with van der Waals surface area (Å²) >= 11 is 0. The van der Waals surface area contributed by atoms with Gasteiger partial charge in [-0.2, -0.15) is 0 Å². The number of carbonyl (C=O) groups excluding carboxylic acids is 2. The number of hydrogen-bond donors (Lipinski definition) is 2. The molecule has 0 atom stereocenters. The number of anilines is 2. The zero-order valence-corrected chi connectivity index (χ0v) is 16.7. The maximum Gasteiger partial charge on any atom is 0.293 e. The van der Waals surface area contributed by atoms with Crippen LogP contribution in [0.25, 0.3) is 11.0 Å². The fraction of sp³-hybridized carbons (Fsp3) is 0.0833. The van der Waals surface area contributed by atoms with Crippen molar-refractivity contribution >= 4 is 34.2 Å². The fourth-order valence-electron chi connectivity index (χ4n) is 3.46. The molecule has 8 heteroatoms. The maximum atomic E-state index is 14.1. The highest BCUT2D eigenvalue weighted by atomic mass is 19.1. The van der Waals surface area contributed by atoms with Gasteiger partial charge < -0.3 is 24.5 Å². The van der Waals surface area contributed by atoms with E-state index in [0.717, 1.165) is 0 Å². The Hall–Kier alpha value is -4.33. The van der Waals surface area contributed by atoms with Crippen molar-refractivity contribution in [2.24, 2.45) is 0 Å². The van der Waals surface area contributed by atoms with Crippen LogP contribution in [0.2, 0.25) is 0 Å². The molecule has 160 valence electrons. The number of para-hydroxylation sites is 1. The Balaban J connectivity index is 1.48. The first kappa shape index (κ1) is 19.6. The first-order valence-electron chi connectivity index (χ1n) is 9.88. The Morgan fingerprint density at radius 3 is 2.41 bits per heavy atom. The van der Waals surface area contributed by atoms with Crippen LogP contribution in [-0.4, -0.2) is 25.0 Å². The lowest BCUT2D eigenvalue weighted by atomic mass is 10.1. The number of halogens is 1. The molecule has 0 saturated carbocycles. The van der Waals surface area contributed by atoms with Crippen molar-refractivity contribution in [3.05, 3.63) is 83.9 Å². The molecule has 32 heavy (non-hydrogen) atoms. The van der Waals surface area contributed by atoms with E-state index in [1.54, 1.807) is 48.5 Å². The highest BCUT2D eigenvalue weighted by molar-refractivity contribution is 6.17. The summed E-state index contributed by atoms with van der Waals surface area (Å²) in [5.74, 6) is -0.932. The molecular formula is C24H17FN2O5. The van der Waals surface area contributed by atoms with Gasteiger partial charge in [0, 0.05) is 17.1 Å². The van der Waals surface area contributed by atoms with Gasteiger partial charge in [0.2, 0.25) is 5.76 Å². The molecule has 0 spiro atoms. The molecule has 7 nitrogen and oxygen atoms in total. The second-order valence-electron chi connectivity index (χ2n) is 7.05. The quantitative estimate of drug-likeness (QED) is 0.481. The predicted molar refractivity (Wildman–Crippen MR) is 116 cm³/mol. The van der Waals surface area contributed by atoms with E-state index >= 15 is 0 Å². The third kappa shape index (κ3) is 3.62. The van der Waals surface area contributed by atoms with Gasteiger partial charge >= 0.3 is 0 Å². The van der Waals surface area contributed by atoms with Crippen LogP contribution in [0.4, 0.5) is 15.8 Å². The van der Waals surface area contributed by atoms with E-state index in [4.69, 9.17) is 13.9 Å². The van der Waals surface area contributed by atoms with E-state index in [1.807, 2.05) is 0 Å². The minimum atomic E-state index is -0.692. The Labute approximate surface area is 181 Å². The molecule has 2 amide bonds. The molecule has 0 unspecified atom stereocenters. The summed E-state index contributed by atoms with van der Waals surface area (Å²) in [6.07, 6.45) is 0. The van der Waals surface area contributed by atoms with E-state index in [2.05, 4.69) is 10.6 Å². The van der Waals surface area contributed by atoms with Crippen molar-refractivity contribution in [1.29, 1.82) is 0 Å². The Morgan fingerprint density at radius 2 is 1.56 bits per heavy atom. The number of nitrogens with one attached hydrogen (secondary N) is 2. The minimum absolute atomic E-state index is 0.106. The van der Waals surface area contributed by atoms with E-state index in [-0.39, 0.29) is 17.0 Å². The SMILES string of the molecule is O=C(Nc1c(C(=O)Nc2ccc3c(c2)OCCO3)oc2ccccc12)c1ccccc1F. The van der Waals surface area contributed by atoms with Crippen LogP contribution in [0, 0.1) is 5.82 Å². The third-order valence-electron chi connectivity index (χ3n) is 4.96. The van der Waals surface area contributed by atoms with Gasteiger partial charge in [-0.25, -0.2) is 4.39 Å². The van der Waals surface area contributed by atoms with Crippen LogP contribution in [0.3, 0.4) is 0 Å². The molecule has 2 heterocycles. The lowest BCUT2D eigenvalue weighted by molar-refractivity contribution is 0.0999. The van der Waals surface area contributed by atoms with E-state index < -0.39 is 17.6 Å². The standard InChI is InChI=1S/C24H17FN2O5/c25-17-7-3-1-5-15(17)23(28)27-21-16-6-2-4-8-18(16)32-22(21)24(29)26-14-9-10-19-20(13-14)31-12-11-30-19/h1-10,13H,11-12H2,(H,26,29)(H,27,28). The predicted octanol–water partition coefficient (Wildman–Crippen LogP) is 4.85. The Morgan fingerprint density at radius 1 is 0.812 bits per heavy atom. The third-order valence-corrected chi connectivity index (χ3v) is 4.96. The molecule has 0 saturated heterocycles. The molecule has 0 bridgehead atoms. The van der Waals surface area contributed by atoms with Crippen molar-refractivity contribution in [1.82, 2.24) is 0 Å². The molecule has 5 rings (SSSR count). The second-order valence-corrected chi connectivity index (χ2v) is 7.05. The summed E-state index contributed by atoms with van der Waals surface area (Å²) in [5, 5.41) is 5.89. The van der Waals surface area contributed by atoms with Crippen LogP contribution in [-0.2, 0) is 0 Å². The highest BCUT2D eigenvalue weighted by Gasteiger charge is 2.24. The topological polar surface area (TPSA) is 89.8 Å². The average molecular weight is 432 g/mol. The van der Waals surface area contributed by atoms with Crippen LogP contribution in [0.15, 0.2) is 71.1 Å². The zero-order chi connectivity index (χ0) is 22.1. The summed E-state index contributed by atoms with van der Waals surface area (Å²) in [6.45, 7) is 0.878. The van der Waals surface area contributed by atoms with Gasteiger partial charge in [-0.05, 0) is 36.4 Å². The maximum absolute atomic E-state index is 14.1. The lowest BCUT2D eigenvalue weighted by Crippen LogP contribution is -2.18. The van der Waals surface area contributed by atoms with Gasteiger partial charge in [0.1, 0.15) is 30.3 Å². The van der Waals surface area contributed by atoms with E-state index in [9.17, 15) is 14.0 Å². The van der Waals surface area contributed by atoms with Gasteiger partial charge in [0.05, 0.1) is 5.56 Å². The van der Waals surface area contributed by atoms with Crippen LogP contribution in [0.5, 0.6) is 11.5 Å². The van der Waals surface area contributed by atoms with Crippen molar-refractivity contribution in [3.8, 4) is 11.5 Å². The largest absolute Gasteiger partial charge is 0.486 e. The Kier molecular flexibility index (Phi) is 4.95. The smallest absolute Gasteiger partial charge is 0.293 e. The molecule has 0 fully saturated rings. The number of benzene rings is 3. The number of ether oxygens (including phenoxy) is 2. The number of fused-ring (bicyclic) bond motifs is 2. The summed E-state index contributed by atoms with van der Waals surface area (Å²) in [7, 11) is 0. The number of amides is 2. The molecule has 3 aromatic carbocycles. The van der Waals surface area contributed by atoms with Crippen molar-refractivity contribution < 1.29 is 27.9 Å². The monoisotopic (exact) mass is 432 g/mol. The summed E-state index contributed by atoms with van der Waals surface area (Å²) in [5.41, 5.74) is 0.884. The van der Waals surface area contributed by atoms with Crippen molar-refractivity contribution in [2.75, 3.05) is 23.8 Å². The summed E-state index contributed by atoms with van der Waals surface area (Å²) in [4.78, 5) is 25.8. The van der Waals surface area contributed by atoms with Crippen LogP contribution >= 0.6 is 0 Å². The molecular weight excluding hydrogens is 415 g/mol. The Bertz CT molecular complexity index is 1350. The van der Waals surface area contributed by atoms with Gasteiger partial charge in [0.15, 0.2) is 11.5 Å². The van der Waals surface area contributed by atoms with Crippen LogP contribution in [0.1, 0.15) is 20.9 Å². The molecule has 1 aliphatic rings. The second kappa shape index (κ2) is 8.07. The number of hydrogen-bond acceptors (Lipinski definition) is 5. The summed E-state index contributed by atoms with van der Waals surface area (Å²) in [6, 6.07) is 17.5. The minimum Gasteiger partial charge on any atom is -0.486 e. The van der Waals surface area contributed by atoms with Gasteiger partial charge in [-0.15, -0.1) is 0 Å². The number of furan rings is 1. The molecule has 4 aromatic rings. The average Bonchev–Trinajstić information content (AvgIpc) is 3.18. The fourth-order valence-corrected chi connectivity index (χ4v) is 3.46. The number of carbonyl (C=O) groups is 2. The van der Waals surface area contributed by atoms with E-state index in [1.165, 1.54) is 18.2 Å². The van der Waals surface area contributed by atoms with Crippen molar-refractivity contribution in [2.45, 2.75) is 0 Å². The zero-order valence-electron chi connectivity index (χ0n) is 16.7. The lowest BCUT2D eigenvalue weighted by Gasteiger charge is -2.18. The number of rotatable bonds is 4. The van der Waals surface area contributed by atoms with E-state index in [0.29, 0.717) is 41.4 Å². The molecule has 1 aromatic heterocycles. The molecule has 1 aliphatic heterocycles. The molecule has 2 N–H and O–H groups in total. The van der Waals surface area contributed by atoms with Gasteiger partial charge in [-0.3, -0.25) is 9.59 Å².